The first-order chi connectivity index (χ1) is 9.06. The number of phenolic OH excluding ortho intramolecular Hbond substituents is 3. The Morgan fingerprint density at radius 3 is 2.26 bits per heavy atom. The average molecular weight is 260 g/mol. The van der Waals surface area contributed by atoms with Crippen LogP contribution in [-0.2, 0) is 0 Å². The summed E-state index contributed by atoms with van der Waals surface area (Å²) < 4.78 is 4.82. The highest BCUT2D eigenvalue weighted by molar-refractivity contribution is 6.12. The van der Waals surface area contributed by atoms with Crippen LogP contribution in [0.25, 0.3) is 0 Å². The van der Waals surface area contributed by atoms with Crippen molar-refractivity contribution in [2.24, 2.45) is 0 Å². The zero-order chi connectivity index (χ0) is 14.0. The molecule has 3 N–H and O–H groups in total. The van der Waals surface area contributed by atoms with E-state index < -0.39 is 17.3 Å². The highest BCUT2D eigenvalue weighted by atomic mass is 16.5. The smallest absolute Gasteiger partial charge is 0.201 e. The number of hydrogen-bond acceptors (Lipinski definition) is 5. The van der Waals surface area contributed by atoms with E-state index in [1.165, 1.54) is 31.4 Å². The van der Waals surface area contributed by atoms with Crippen molar-refractivity contribution in [3.05, 3.63) is 47.5 Å². The van der Waals surface area contributed by atoms with Crippen LogP contribution in [0.3, 0.4) is 0 Å². The van der Waals surface area contributed by atoms with Crippen LogP contribution in [0, 0.1) is 0 Å². The SMILES string of the molecule is COc1ccc(C(=O)c2ccccc2O)c(O)c1O. The van der Waals surface area contributed by atoms with Gasteiger partial charge in [0.2, 0.25) is 11.5 Å². The highest BCUT2D eigenvalue weighted by Gasteiger charge is 2.20. The van der Waals surface area contributed by atoms with Crippen LogP contribution in [0.2, 0.25) is 0 Å². The number of aromatic hydroxyl groups is 3. The molecule has 98 valence electrons. The third kappa shape index (κ3) is 2.18. The van der Waals surface area contributed by atoms with Crippen LogP contribution in [0.15, 0.2) is 36.4 Å². The molecule has 0 unspecified atom stereocenters. The monoisotopic (exact) mass is 260 g/mol. The Morgan fingerprint density at radius 2 is 1.63 bits per heavy atom. The van der Waals surface area contributed by atoms with E-state index in [9.17, 15) is 20.1 Å². The Morgan fingerprint density at radius 1 is 0.947 bits per heavy atom. The first-order valence-corrected chi connectivity index (χ1v) is 5.48. The maximum Gasteiger partial charge on any atom is 0.201 e. The number of ketones is 1. The van der Waals surface area contributed by atoms with Crippen molar-refractivity contribution >= 4 is 5.78 Å². The number of carbonyl (C=O) groups is 1. The quantitative estimate of drug-likeness (QED) is 0.580. The molecule has 0 atom stereocenters. The molecule has 2 aromatic carbocycles. The zero-order valence-electron chi connectivity index (χ0n) is 10.1. The van der Waals surface area contributed by atoms with Gasteiger partial charge in [0, 0.05) is 0 Å². The fraction of sp³-hybridized carbons (Fsp3) is 0.0714. The summed E-state index contributed by atoms with van der Waals surface area (Å²) in [7, 11) is 1.33. The lowest BCUT2D eigenvalue weighted by Crippen LogP contribution is -2.02. The minimum Gasteiger partial charge on any atom is -0.507 e. The lowest BCUT2D eigenvalue weighted by molar-refractivity contribution is 0.103. The fourth-order valence-electron chi connectivity index (χ4n) is 1.72. The number of hydrogen-bond donors (Lipinski definition) is 3. The molecule has 0 saturated carbocycles. The molecule has 5 heteroatoms. The maximum atomic E-state index is 12.2. The predicted octanol–water partition coefficient (Wildman–Crippen LogP) is 2.04. The number of benzene rings is 2. The molecule has 0 aliphatic heterocycles. The molecule has 5 nitrogen and oxygen atoms in total. The first-order valence-electron chi connectivity index (χ1n) is 5.48. The predicted molar refractivity (Wildman–Crippen MR) is 67.9 cm³/mol. The second kappa shape index (κ2) is 4.89. The molecule has 0 amide bonds. The van der Waals surface area contributed by atoms with Gasteiger partial charge in [0.1, 0.15) is 5.75 Å². The zero-order valence-corrected chi connectivity index (χ0v) is 10.1. The average Bonchev–Trinajstić information content (AvgIpc) is 2.41. The molecule has 0 saturated heterocycles. The molecular weight excluding hydrogens is 248 g/mol. The van der Waals surface area contributed by atoms with Gasteiger partial charge in [-0.1, -0.05) is 12.1 Å². The lowest BCUT2D eigenvalue weighted by atomic mass is 10.0. The summed E-state index contributed by atoms with van der Waals surface area (Å²) in [5.41, 5.74) is -0.0674. The van der Waals surface area contributed by atoms with E-state index in [0.29, 0.717) is 0 Å². The number of phenols is 3. The first kappa shape index (κ1) is 12.8. The summed E-state index contributed by atoms with van der Waals surface area (Å²) in [6, 6.07) is 8.65. The van der Waals surface area contributed by atoms with Crippen molar-refractivity contribution in [1.29, 1.82) is 0 Å². The van der Waals surface area contributed by atoms with E-state index in [0.717, 1.165) is 0 Å². The molecule has 0 fully saturated rings. The van der Waals surface area contributed by atoms with Crippen molar-refractivity contribution < 1.29 is 24.9 Å². The number of para-hydroxylation sites is 1. The summed E-state index contributed by atoms with van der Waals surface area (Å²) in [4.78, 5) is 12.2. The van der Waals surface area contributed by atoms with Gasteiger partial charge in [-0.3, -0.25) is 4.79 Å². The molecule has 0 radical (unpaired) electrons. The minimum absolute atomic E-state index is 0.0439. The van der Waals surface area contributed by atoms with E-state index >= 15 is 0 Å². The molecular formula is C14H12O5. The van der Waals surface area contributed by atoms with Gasteiger partial charge in [0.15, 0.2) is 11.5 Å². The minimum atomic E-state index is -0.589. The van der Waals surface area contributed by atoms with Crippen LogP contribution in [0.5, 0.6) is 23.0 Å². The Labute approximate surface area is 109 Å². The van der Waals surface area contributed by atoms with Crippen LogP contribution in [0.1, 0.15) is 15.9 Å². The second-order valence-corrected chi connectivity index (χ2v) is 3.86. The van der Waals surface area contributed by atoms with Crippen LogP contribution in [-0.4, -0.2) is 28.2 Å². The molecule has 2 rings (SSSR count). The van der Waals surface area contributed by atoms with Gasteiger partial charge in [0.25, 0.3) is 0 Å². The standard InChI is InChI=1S/C14H12O5/c1-19-11-7-6-9(13(17)14(11)18)12(16)8-4-2-3-5-10(8)15/h2-7,15,17-18H,1H3. The Bertz CT molecular complexity index is 634. The maximum absolute atomic E-state index is 12.2. The summed E-state index contributed by atoms with van der Waals surface area (Å²) in [6.45, 7) is 0. The van der Waals surface area contributed by atoms with Gasteiger partial charge in [-0.15, -0.1) is 0 Å². The van der Waals surface area contributed by atoms with E-state index in [1.807, 2.05) is 0 Å². The van der Waals surface area contributed by atoms with E-state index in [4.69, 9.17) is 4.74 Å². The third-order valence-electron chi connectivity index (χ3n) is 2.73. The molecule has 0 aliphatic carbocycles. The van der Waals surface area contributed by atoms with Crippen molar-refractivity contribution in [3.63, 3.8) is 0 Å². The van der Waals surface area contributed by atoms with Gasteiger partial charge >= 0.3 is 0 Å². The van der Waals surface area contributed by atoms with Gasteiger partial charge < -0.3 is 20.1 Å². The number of ether oxygens (including phenoxy) is 1. The van der Waals surface area contributed by atoms with Crippen molar-refractivity contribution in [2.75, 3.05) is 7.11 Å². The lowest BCUT2D eigenvalue weighted by Gasteiger charge is -2.09. The molecule has 0 spiro atoms. The van der Waals surface area contributed by atoms with E-state index in [-0.39, 0.29) is 22.6 Å². The number of methoxy groups -OCH3 is 1. The second-order valence-electron chi connectivity index (χ2n) is 3.86. The molecule has 0 aliphatic rings. The van der Waals surface area contributed by atoms with Crippen LogP contribution < -0.4 is 4.74 Å². The van der Waals surface area contributed by atoms with E-state index in [1.54, 1.807) is 12.1 Å². The van der Waals surface area contributed by atoms with Crippen molar-refractivity contribution in [1.82, 2.24) is 0 Å². The normalized spacial score (nSPS) is 10.2. The third-order valence-corrected chi connectivity index (χ3v) is 2.73. The fourth-order valence-corrected chi connectivity index (χ4v) is 1.72. The largest absolute Gasteiger partial charge is 0.507 e. The van der Waals surface area contributed by atoms with Gasteiger partial charge in [-0.05, 0) is 24.3 Å². The van der Waals surface area contributed by atoms with Gasteiger partial charge in [-0.25, -0.2) is 0 Å². The van der Waals surface area contributed by atoms with Gasteiger partial charge in [0.05, 0.1) is 18.2 Å². The Balaban J connectivity index is 2.52. The van der Waals surface area contributed by atoms with Crippen molar-refractivity contribution in [2.45, 2.75) is 0 Å². The highest BCUT2D eigenvalue weighted by Crippen LogP contribution is 2.39. The number of rotatable bonds is 3. The molecule has 19 heavy (non-hydrogen) atoms. The molecule has 0 aromatic heterocycles. The molecule has 0 bridgehead atoms. The Hall–Kier alpha value is -2.69. The summed E-state index contributed by atoms with van der Waals surface area (Å²) in [5.74, 6) is -1.81. The summed E-state index contributed by atoms with van der Waals surface area (Å²) >= 11 is 0. The van der Waals surface area contributed by atoms with Gasteiger partial charge in [-0.2, -0.15) is 0 Å². The van der Waals surface area contributed by atoms with Crippen molar-refractivity contribution in [3.8, 4) is 23.0 Å². The Kier molecular flexibility index (Phi) is 3.29. The summed E-state index contributed by atoms with van der Waals surface area (Å²) in [5, 5.41) is 29.1. The van der Waals surface area contributed by atoms with Crippen LogP contribution in [0.4, 0.5) is 0 Å². The summed E-state index contributed by atoms with van der Waals surface area (Å²) in [6.07, 6.45) is 0. The van der Waals surface area contributed by atoms with E-state index in [2.05, 4.69) is 0 Å². The molecule has 0 heterocycles. The molecule has 2 aromatic rings. The van der Waals surface area contributed by atoms with Crippen LogP contribution >= 0.6 is 0 Å². The topological polar surface area (TPSA) is 87.0 Å². The number of carbonyl (C=O) groups excluding carboxylic acids is 1.